The van der Waals surface area contributed by atoms with E-state index in [2.05, 4.69) is 410 Å². The summed E-state index contributed by atoms with van der Waals surface area (Å²) in [5.74, 6) is 0. The van der Waals surface area contributed by atoms with Crippen LogP contribution in [0, 0.1) is 0 Å². The number of para-hydroxylation sites is 1. The molecule has 0 spiro atoms. The lowest BCUT2D eigenvalue weighted by molar-refractivity contribution is 0.589. The predicted octanol–water partition coefficient (Wildman–Crippen LogP) is 29.5. The van der Waals surface area contributed by atoms with Crippen LogP contribution >= 0.6 is 11.3 Å². The van der Waals surface area contributed by atoms with Gasteiger partial charge in [0, 0.05) is 75.9 Å². The number of furan rings is 1. The molecule has 2 aromatic heterocycles. The Morgan fingerprint density at radius 3 is 1.05 bits per heavy atom. The van der Waals surface area contributed by atoms with Crippen molar-refractivity contribution in [3.63, 3.8) is 0 Å². The van der Waals surface area contributed by atoms with E-state index in [1.165, 1.54) is 75.3 Å². The molecule has 0 aliphatic heterocycles. The fourth-order valence-corrected chi connectivity index (χ4v) is 18.0. The van der Waals surface area contributed by atoms with Gasteiger partial charge < -0.3 is 19.1 Å². The van der Waals surface area contributed by atoms with Gasteiger partial charge >= 0.3 is 0 Å². The zero-order chi connectivity index (χ0) is 73.6. The van der Waals surface area contributed by atoms with Gasteiger partial charge in [0.25, 0.3) is 0 Å². The number of anilines is 9. The summed E-state index contributed by atoms with van der Waals surface area (Å²) >= 11 is 1.90. The van der Waals surface area contributed by atoms with Gasteiger partial charge in [-0.2, -0.15) is 0 Å². The molecule has 17 rings (SSSR count). The number of hydrogen-bond acceptors (Lipinski definition) is 5. The largest absolute Gasteiger partial charge is 0.455 e. The van der Waals surface area contributed by atoms with Crippen LogP contribution in [0.1, 0.15) is 154 Å². The van der Waals surface area contributed by atoms with E-state index in [1.54, 1.807) is 0 Å². The van der Waals surface area contributed by atoms with Crippen LogP contribution in [0.2, 0.25) is 0 Å². The zero-order valence-corrected chi connectivity index (χ0v) is 64.7. The first-order chi connectivity index (χ1) is 50.7. The maximum absolute atomic E-state index is 7.89. The number of nitrogens with zero attached hydrogens (tertiary/aromatic N) is 3. The van der Waals surface area contributed by atoms with Gasteiger partial charge in [0.15, 0.2) is 0 Å². The Bertz CT molecular complexity index is 5730. The van der Waals surface area contributed by atoms with Crippen molar-refractivity contribution in [2.45, 2.75) is 136 Å². The van der Waals surface area contributed by atoms with E-state index in [1.807, 2.05) is 11.3 Å². The molecule has 16 aromatic rings. The smallest absolute Gasteiger partial charge is 0.145 e. The van der Waals surface area contributed by atoms with Gasteiger partial charge in [-0.15, -0.1) is 11.3 Å². The van der Waals surface area contributed by atoms with E-state index in [0.29, 0.717) is 0 Å². The van der Waals surface area contributed by atoms with Crippen molar-refractivity contribution in [1.82, 2.24) is 0 Å². The molecular weight excluding hydrogens is 1300 g/mol. The molecule has 524 valence electrons. The highest BCUT2D eigenvalue weighted by Crippen LogP contribution is 2.66. The van der Waals surface area contributed by atoms with Crippen molar-refractivity contribution in [1.29, 1.82) is 0 Å². The summed E-state index contributed by atoms with van der Waals surface area (Å²) in [6.45, 7) is 34.6. The molecule has 0 saturated heterocycles. The molecule has 0 amide bonds. The molecule has 4 nitrogen and oxygen atoms in total. The fourth-order valence-electron chi connectivity index (χ4n) is 16.7. The monoisotopic (exact) mass is 1400 g/mol. The first-order valence-corrected chi connectivity index (χ1v) is 38.5. The van der Waals surface area contributed by atoms with Gasteiger partial charge in [-0.05, 0) is 185 Å². The zero-order valence-electron chi connectivity index (χ0n) is 63.9. The molecule has 1 aliphatic rings. The Morgan fingerprint density at radius 2 is 0.613 bits per heavy atom. The topological polar surface area (TPSA) is 22.9 Å². The average Bonchev–Trinajstić information content (AvgIpc) is 1.50. The molecule has 2 heterocycles. The summed E-state index contributed by atoms with van der Waals surface area (Å²) in [7, 11) is 0. The van der Waals surface area contributed by atoms with E-state index >= 15 is 0 Å². The minimum Gasteiger partial charge on any atom is -0.455 e. The number of fused-ring (bicyclic) bond motifs is 13. The van der Waals surface area contributed by atoms with Gasteiger partial charge in [0.1, 0.15) is 11.2 Å². The molecule has 0 N–H and O–H groups in total. The van der Waals surface area contributed by atoms with Gasteiger partial charge in [0.2, 0.25) is 0 Å². The van der Waals surface area contributed by atoms with Gasteiger partial charge in [-0.25, -0.2) is 0 Å². The molecule has 5 heteroatoms. The fraction of sp³-hybridized carbons (Fsp3) is 0.208. The summed E-state index contributed by atoms with van der Waals surface area (Å²) in [5.41, 5.74) is 23.3. The van der Waals surface area contributed by atoms with Crippen molar-refractivity contribution >= 4 is 126 Å². The first kappa shape index (κ1) is 68.1. The first-order valence-electron chi connectivity index (χ1n) is 37.7. The third kappa shape index (κ3) is 11.4. The highest BCUT2D eigenvalue weighted by molar-refractivity contribution is 7.26. The number of benzene rings is 14. The van der Waals surface area contributed by atoms with Crippen LogP contribution in [-0.4, -0.2) is 0 Å². The minimum absolute atomic E-state index is 0.0205. The Balaban J connectivity index is 1.06. The molecule has 1 atom stereocenters. The minimum atomic E-state index is -1.03. The Morgan fingerprint density at radius 1 is 0.283 bits per heavy atom. The van der Waals surface area contributed by atoms with E-state index in [9.17, 15) is 0 Å². The van der Waals surface area contributed by atoms with Gasteiger partial charge in [0.05, 0.1) is 33.6 Å². The van der Waals surface area contributed by atoms with Crippen LogP contribution in [-0.2, 0) is 32.5 Å². The number of rotatable bonds is 11. The number of thiophene rings is 1. The van der Waals surface area contributed by atoms with Gasteiger partial charge in [-0.1, -0.05) is 298 Å². The quantitative estimate of drug-likeness (QED) is 0.129. The lowest BCUT2D eigenvalue weighted by atomic mass is 9.67. The normalized spacial score (nSPS) is 14.2. The van der Waals surface area contributed by atoms with Crippen LogP contribution in [0.15, 0.2) is 296 Å². The van der Waals surface area contributed by atoms with E-state index in [0.717, 1.165) is 101 Å². The molecular formula is C101H93N3OS. The summed E-state index contributed by atoms with van der Waals surface area (Å²) < 4.78 is 10.3. The lowest BCUT2D eigenvalue weighted by Gasteiger charge is -2.37. The second-order valence-electron chi connectivity index (χ2n) is 34.6. The summed E-state index contributed by atoms with van der Waals surface area (Å²) in [6.07, 6.45) is 0. The van der Waals surface area contributed by atoms with Crippen molar-refractivity contribution < 1.29 is 4.42 Å². The second-order valence-corrected chi connectivity index (χ2v) is 35.6. The van der Waals surface area contributed by atoms with Crippen LogP contribution in [0.3, 0.4) is 0 Å². The molecule has 1 aliphatic carbocycles. The molecule has 0 fully saturated rings. The van der Waals surface area contributed by atoms with Gasteiger partial charge in [-0.3, -0.25) is 0 Å². The average molecular weight is 1400 g/mol. The van der Waals surface area contributed by atoms with Crippen molar-refractivity contribution in [2.75, 3.05) is 14.7 Å². The summed E-state index contributed by atoms with van der Waals surface area (Å²) in [4.78, 5) is 7.59. The molecule has 106 heavy (non-hydrogen) atoms. The second kappa shape index (κ2) is 25.1. The van der Waals surface area contributed by atoms with E-state index in [4.69, 9.17) is 4.42 Å². The molecule has 0 bridgehead atoms. The Labute approximate surface area is 629 Å². The Kier molecular flexibility index (Phi) is 16.1. The standard InChI is InChI=1S/C101H93N3OS/c1-96(2,3)66-38-40-71(41-39-66)101(72-50-60-75(61-51-72)102(73-52-42-67(43-53-73)97(4,5)6)74-54-44-68(45-55-74)98(7,8)9)82-62-86(103(76-56-46-69(47-57-76)99(10,11)12)84-34-24-28-64-26-16-18-30-78(64)84)90-80-32-20-22-36-88(80)105-94(90)92(82)93-83(101)63-87(91-81-33-21-23-37-89(81)106-95(91)93)104(77-58-48-70(49-59-77)100(13,14)15)85-35-25-29-65-27-17-19-31-79(65)85/h16-63H,1-15H3. The Hall–Kier alpha value is -11.0. The van der Waals surface area contributed by atoms with Crippen LogP contribution in [0.4, 0.5) is 51.2 Å². The van der Waals surface area contributed by atoms with Crippen molar-refractivity contribution in [2.24, 2.45) is 0 Å². The van der Waals surface area contributed by atoms with Crippen LogP contribution in [0.5, 0.6) is 0 Å². The van der Waals surface area contributed by atoms with Crippen LogP contribution in [0.25, 0.3) is 74.8 Å². The van der Waals surface area contributed by atoms with Crippen molar-refractivity contribution in [3.05, 3.63) is 341 Å². The maximum atomic E-state index is 7.89. The maximum Gasteiger partial charge on any atom is 0.145 e. The third-order valence-corrected chi connectivity index (χ3v) is 23.7. The van der Waals surface area contributed by atoms with Crippen molar-refractivity contribution in [3.8, 4) is 11.1 Å². The molecule has 1 unspecified atom stereocenters. The highest BCUT2D eigenvalue weighted by atomic mass is 32.1. The lowest BCUT2D eigenvalue weighted by Crippen LogP contribution is -2.29. The SMILES string of the molecule is CC(C)(C)c1ccc(N(c2ccc(C(C)(C)C)cc2)c2ccc(C3(c4ccc(C(C)(C)C)cc4)c4cc(N(c5ccc(C(C)(C)C)cc5)c5cccc6ccccc56)c5c(oc6ccccc65)c4-c4c3cc(N(c3ccc(C(C)(C)C)cc3)c3cccc5ccccc35)c3c4sc4ccccc43)cc2)cc1. The molecule has 0 radical (unpaired) electrons. The van der Waals surface area contributed by atoms with E-state index in [-0.39, 0.29) is 27.1 Å². The summed E-state index contributed by atoms with van der Waals surface area (Å²) in [6, 6.07) is 111. The van der Waals surface area contributed by atoms with Crippen LogP contribution < -0.4 is 14.7 Å². The third-order valence-electron chi connectivity index (χ3n) is 22.5. The highest BCUT2D eigenvalue weighted by Gasteiger charge is 2.51. The number of hydrogen-bond donors (Lipinski definition) is 0. The summed E-state index contributed by atoms with van der Waals surface area (Å²) in [5, 5.41) is 9.19. The molecule has 0 saturated carbocycles. The predicted molar refractivity (Wildman–Crippen MR) is 456 cm³/mol. The molecule has 14 aromatic carbocycles. The van der Waals surface area contributed by atoms with E-state index < -0.39 is 5.41 Å².